The maximum Gasteiger partial charge on any atom is 0.339 e. The molecule has 1 amide bonds. The highest BCUT2D eigenvalue weighted by Crippen LogP contribution is 2.22. The van der Waals surface area contributed by atoms with Crippen LogP contribution in [0, 0.1) is 0 Å². The van der Waals surface area contributed by atoms with Crippen molar-refractivity contribution in [3.8, 4) is 0 Å². The van der Waals surface area contributed by atoms with E-state index in [1.165, 1.54) is 7.11 Å². The highest BCUT2D eigenvalue weighted by molar-refractivity contribution is 5.97. The number of primary amides is 1. The van der Waals surface area contributed by atoms with E-state index in [1.807, 2.05) is 6.92 Å². The molecular weight excluding hydrogens is 232 g/mol. The van der Waals surface area contributed by atoms with Crippen LogP contribution in [0.3, 0.4) is 0 Å². The van der Waals surface area contributed by atoms with Crippen LogP contribution in [0.15, 0.2) is 24.3 Å². The zero-order chi connectivity index (χ0) is 13.7. The third-order valence-corrected chi connectivity index (χ3v) is 2.87. The fourth-order valence-corrected chi connectivity index (χ4v) is 1.90. The Hall–Kier alpha value is -2.04. The number of nitrogens with two attached hydrogens (primary N) is 1. The van der Waals surface area contributed by atoms with Gasteiger partial charge < -0.3 is 15.4 Å². The second-order valence-corrected chi connectivity index (χ2v) is 3.95. The molecule has 18 heavy (non-hydrogen) atoms. The number of para-hydroxylation sites is 1. The summed E-state index contributed by atoms with van der Waals surface area (Å²) in [6.45, 7) is 1.87. The lowest BCUT2D eigenvalue weighted by atomic mass is 10.1. The first kappa shape index (κ1) is 14.0. The third kappa shape index (κ3) is 2.80. The van der Waals surface area contributed by atoms with Gasteiger partial charge in [0.25, 0.3) is 0 Å². The molecule has 98 valence electrons. The van der Waals surface area contributed by atoms with Crippen molar-refractivity contribution in [3.63, 3.8) is 0 Å². The Morgan fingerprint density at radius 3 is 2.50 bits per heavy atom. The second kappa shape index (κ2) is 6.05. The Balaban J connectivity index is 3.16. The van der Waals surface area contributed by atoms with Crippen LogP contribution in [0.4, 0.5) is 5.69 Å². The van der Waals surface area contributed by atoms with Gasteiger partial charge in [-0.1, -0.05) is 19.1 Å². The van der Waals surface area contributed by atoms with Crippen LogP contribution in [-0.4, -0.2) is 32.1 Å². The van der Waals surface area contributed by atoms with Crippen molar-refractivity contribution in [2.45, 2.75) is 19.4 Å². The minimum absolute atomic E-state index is 0.417. The topological polar surface area (TPSA) is 72.6 Å². The van der Waals surface area contributed by atoms with Crippen molar-refractivity contribution < 1.29 is 14.3 Å². The van der Waals surface area contributed by atoms with Gasteiger partial charge in [0.2, 0.25) is 5.91 Å². The van der Waals surface area contributed by atoms with Gasteiger partial charge in [-0.25, -0.2) is 4.79 Å². The summed E-state index contributed by atoms with van der Waals surface area (Å²) >= 11 is 0. The predicted molar refractivity (Wildman–Crippen MR) is 69.5 cm³/mol. The lowest BCUT2D eigenvalue weighted by molar-refractivity contribution is -0.119. The molecule has 0 aromatic heterocycles. The fraction of sp³-hybridized carbons (Fsp3) is 0.385. The quantitative estimate of drug-likeness (QED) is 0.796. The van der Waals surface area contributed by atoms with Crippen LogP contribution in [0.2, 0.25) is 0 Å². The molecule has 2 N–H and O–H groups in total. The molecule has 5 heteroatoms. The molecule has 0 heterocycles. The minimum Gasteiger partial charge on any atom is -0.465 e. The van der Waals surface area contributed by atoms with Crippen molar-refractivity contribution in [1.29, 1.82) is 0 Å². The Labute approximate surface area is 107 Å². The number of benzene rings is 1. The molecule has 1 aromatic carbocycles. The summed E-state index contributed by atoms with van der Waals surface area (Å²) in [6.07, 6.45) is 0.571. The number of anilines is 1. The number of rotatable bonds is 5. The first-order valence-electron chi connectivity index (χ1n) is 5.72. The number of carbonyl (C=O) groups is 2. The van der Waals surface area contributed by atoms with Gasteiger partial charge in [-0.15, -0.1) is 0 Å². The van der Waals surface area contributed by atoms with Crippen LogP contribution >= 0.6 is 0 Å². The molecule has 1 atom stereocenters. The van der Waals surface area contributed by atoms with Crippen LogP contribution in [0.5, 0.6) is 0 Å². The van der Waals surface area contributed by atoms with Crippen molar-refractivity contribution >= 4 is 17.6 Å². The van der Waals surface area contributed by atoms with E-state index in [9.17, 15) is 9.59 Å². The van der Waals surface area contributed by atoms with Crippen molar-refractivity contribution in [1.82, 2.24) is 0 Å². The van der Waals surface area contributed by atoms with E-state index in [0.717, 1.165) is 0 Å². The third-order valence-electron chi connectivity index (χ3n) is 2.87. The number of ether oxygens (including phenoxy) is 1. The highest BCUT2D eigenvalue weighted by atomic mass is 16.5. The molecule has 0 saturated heterocycles. The zero-order valence-corrected chi connectivity index (χ0v) is 10.8. The molecule has 0 saturated carbocycles. The Morgan fingerprint density at radius 1 is 1.39 bits per heavy atom. The Morgan fingerprint density at radius 2 is 2.00 bits per heavy atom. The number of amides is 1. The maximum absolute atomic E-state index is 11.7. The number of nitrogens with zero attached hydrogens (tertiary/aromatic N) is 1. The standard InChI is InChI=1S/C13H18N2O3/c1-4-10(12(14)16)15(2)11-8-6-5-7-9(11)13(17)18-3/h5-8,10H,4H2,1-3H3,(H2,14,16). The summed E-state index contributed by atoms with van der Waals surface area (Å²) < 4.78 is 4.72. The van der Waals surface area contributed by atoms with Gasteiger partial charge in [0, 0.05) is 7.05 Å². The molecule has 5 nitrogen and oxygen atoms in total. The minimum atomic E-state index is -0.448. The van der Waals surface area contributed by atoms with Crippen molar-refractivity contribution in [3.05, 3.63) is 29.8 Å². The molecule has 0 spiro atoms. The Bertz CT molecular complexity index is 446. The van der Waals surface area contributed by atoms with Gasteiger partial charge in [0.1, 0.15) is 6.04 Å². The molecule has 0 fully saturated rings. The molecule has 0 radical (unpaired) electrons. The van der Waals surface area contributed by atoms with Crippen LogP contribution in [0.1, 0.15) is 23.7 Å². The van der Waals surface area contributed by atoms with Crippen LogP contribution in [0.25, 0.3) is 0 Å². The summed E-state index contributed by atoms with van der Waals surface area (Å²) in [4.78, 5) is 24.7. The average molecular weight is 250 g/mol. The number of likely N-dealkylation sites (N-methyl/N-ethyl adjacent to an activating group) is 1. The fourth-order valence-electron chi connectivity index (χ4n) is 1.90. The summed E-state index contributed by atoms with van der Waals surface area (Å²) in [5, 5.41) is 0. The lowest BCUT2D eigenvalue weighted by Gasteiger charge is -2.28. The number of methoxy groups -OCH3 is 1. The monoisotopic (exact) mass is 250 g/mol. The summed E-state index contributed by atoms with van der Waals surface area (Å²) in [5.41, 5.74) is 6.40. The number of hydrogen-bond donors (Lipinski definition) is 1. The van der Waals surface area contributed by atoms with E-state index in [-0.39, 0.29) is 0 Å². The van der Waals surface area contributed by atoms with E-state index >= 15 is 0 Å². The maximum atomic E-state index is 11.7. The lowest BCUT2D eigenvalue weighted by Crippen LogP contribution is -2.42. The van der Waals surface area contributed by atoms with Gasteiger partial charge in [0.15, 0.2) is 0 Å². The van der Waals surface area contributed by atoms with Crippen LogP contribution in [-0.2, 0) is 9.53 Å². The molecule has 0 aliphatic heterocycles. The molecule has 1 aromatic rings. The second-order valence-electron chi connectivity index (χ2n) is 3.95. The normalized spacial score (nSPS) is 11.7. The molecular formula is C13H18N2O3. The van der Waals surface area contributed by atoms with Crippen molar-refractivity contribution in [2.75, 3.05) is 19.1 Å². The largest absolute Gasteiger partial charge is 0.465 e. The molecule has 0 bridgehead atoms. The van der Waals surface area contributed by atoms with Gasteiger partial charge >= 0.3 is 5.97 Å². The van der Waals surface area contributed by atoms with Crippen LogP contribution < -0.4 is 10.6 Å². The van der Waals surface area contributed by atoms with Gasteiger partial charge in [-0.2, -0.15) is 0 Å². The highest BCUT2D eigenvalue weighted by Gasteiger charge is 2.22. The molecule has 0 aliphatic carbocycles. The van der Waals surface area contributed by atoms with E-state index in [2.05, 4.69) is 0 Å². The van der Waals surface area contributed by atoms with Gasteiger partial charge in [0.05, 0.1) is 18.4 Å². The average Bonchev–Trinajstić information content (AvgIpc) is 2.38. The zero-order valence-electron chi connectivity index (χ0n) is 10.8. The smallest absolute Gasteiger partial charge is 0.339 e. The van der Waals surface area contributed by atoms with Gasteiger partial charge in [-0.3, -0.25) is 4.79 Å². The van der Waals surface area contributed by atoms with E-state index in [4.69, 9.17) is 10.5 Å². The van der Waals surface area contributed by atoms with E-state index < -0.39 is 17.9 Å². The van der Waals surface area contributed by atoms with Gasteiger partial charge in [-0.05, 0) is 18.6 Å². The SMILES string of the molecule is CCC(C(N)=O)N(C)c1ccccc1C(=O)OC. The first-order chi connectivity index (χ1) is 8.52. The summed E-state index contributed by atoms with van der Waals surface area (Å²) in [6, 6.07) is 6.51. The Kier molecular flexibility index (Phi) is 4.71. The molecule has 1 rings (SSSR count). The first-order valence-corrected chi connectivity index (χ1v) is 5.72. The van der Waals surface area contributed by atoms with E-state index in [0.29, 0.717) is 17.7 Å². The number of hydrogen-bond acceptors (Lipinski definition) is 4. The number of carbonyl (C=O) groups excluding carboxylic acids is 2. The summed E-state index contributed by atoms with van der Waals surface area (Å²) in [7, 11) is 3.06. The van der Waals surface area contributed by atoms with Crippen molar-refractivity contribution in [2.24, 2.45) is 5.73 Å². The van der Waals surface area contributed by atoms with E-state index in [1.54, 1.807) is 36.2 Å². The number of esters is 1. The predicted octanol–water partition coefficient (Wildman–Crippen LogP) is 1.17. The summed E-state index contributed by atoms with van der Waals surface area (Å²) in [5.74, 6) is -0.851. The molecule has 1 unspecified atom stereocenters. The molecule has 0 aliphatic rings.